The summed E-state index contributed by atoms with van der Waals surface area (Å²) in [6.45, 7) is 0. The normalized spacial score (nSPS) is 10.9. The fourth-order valence-corrected chi connectivity index (χ4v) is 2.63. The Balaban J connectivity index is 2.07. The molecule has 0 aliphatic heterocycles. The van der Waals surface area contributed by atoms with Crippen molar-refractivity contribution in [3.8, 4) is 0 Å². The van der Waals surface area contributed by atoms with Crippen molar-refractivity contribution in [2.45, 2.75) is 0 Å². The van der Waals surface area contributed by atoms with Gasteiger partial charge in [-0.05, 0) is 35.2 Å². The number of hydrogen-bond donors (Lipinski definition) is 1. The lowest BCUT2D eigenvalue weighted by atomic mass is 10.3. The molecule has 1 N–H and O–H groups in total. The first-order chi connectivity index (χ1) is 9.13. The van der Waals surface area contributed by atoms with Crippen molar-refractivity contribution in [1.29, 1.82) is 0 Å². The zero-order chi connectivity index (χ0) is 13.4. The van der Waals surface area contributed by atoms with Gasteiger partial charge in [-0.2, -0.15) is 4.98 Å². The molecule has 2 aromatic heterocycles. The average Bonchev–Trinajstić information content (AvgIpc) is 2.80. The Bertz CT molecular complexity index is 760. The van der Waals surface area contributed by atoms with E-state index in [-0.39, 0.29) is 11.0 Å². The zero-order valence-corrected chi connectivity index (χ0v) is 10.9. The average molecular weight is 298 g/mol. The summed E-state index contributed by atoms with van der Waals surface area (Å²) < 4.78 is 26.4. The third-order valence-corrected chi connectivity index (χ3v) is 3.46. The Morgan fingerprint density at radius 3 is 2.79 bits per heavy atom. The number of fused-ring (bicyclic) bond motifs is 1. The van der Waals surface area contributed by atoms with E-state index in [1.165, 1.54) is 23.5 Å². The molecule has 3 nitrogen and oxygen atoms in total. The first-order valence-electron chi connectivity index (χ1n) is 5.26. The van der Waals surface area contributed by atoms with Crippen molar-refractivity contribution >= 4 is 44.7 Å². The number of hydrogen-bond acceptors (Lipinski definition) is 4. The van der Waals surface area contributed by atoms with Gasteiger partial charge in [-0.1, -0.05) is 0 Å². The third-order valence-electron chi connectivity index (χ3n) is 2.48. The van der Waals surface area contributed by atoms with Crippen LogP contribution < -0.4 is 5.32 Å². The topological polar surface area (TPSA) is 37.8 Å². The first-order valence-corrected chi connectivity index (χ1v) is 6.52. The van der Waals surface area contributed by atoms with Crippen molar-refractivity contribution in [1.82, 2.24) is 9.97 Å². The number of anilines is 2. The summed E-state index contributed by atoms with van der Waals surface area (Å²) in [6.07, 6.45) is 0. The Morgan fingerprint density at radius 2 is 2.00 bits per heavy atom. The molecule has 3 aromatic rings. The van der Waals surface area contributed by atoms with Gasteiger partial charge >= 0.3 is 0 Å². The maximum atomic E-state index is 13.6. The smallest absolute Gasteiger partial charge is 0.225 e. The zero-order valence-electron chi connectivity index (χ0n) is 9.32. The molecule has 0 spiro atoms. The standard InChI is InChI=1S/C12H6ClF2N3S/c13-12-17-10(7-3-4-19-11(7)18-12)16-9-2-1-6(14)5-8(9)15/h1-5H,(H,16,17,18). The molecule has 0 amide bonds. The van der Waals surface area contributed by atoms with E-state index < -0.39 is 11.6 Å². The highest BCUT2D eigenvalue weighted by Crippen LogP contribution is 2.29. The quantitative estimate of drug-likeness (QED) is 0.714. The van der Waals surface area contributed by atoms with Crippen LogP contribution >= 0.6 is 22.9 Å². The van der Waals surface area contributed by atoms with Crippen molar-refractivity contribution in [3.63, 3.8) is 0 Å². The highest BCUT2D eigenvalue weighted by Gasteiger charge is 2.10. The molecule has 1 aromatic carbocycles. The van der Waals surface area contributed by atoms with Gasteiger partial charge in [0.2, 0.25) is 5.28 Å². The van der Waals surface area contributed by atoms with E-state index in [0.29, 0.717) is 10.6 Å². The molecule has 96 valence electrons. The first kappa shape index (κ1) is 12.3. The Labute approximate surface area is 115 Å². The van der Waals surface area contributed by atoms with Gasteiger partial charge in [0, 0.05) is 6.07 Å². The van der Waals surface area contributed by atoms with Crippen molar-refractivity contribution in [2.24, 2.45) is 0 Å². The molecule has 0 fully saturated rings. The van der Waals surface area contributed by atoms with Crippen LogP contribution in [0, 0.1) is 11.6 Å². The number of benzene rings is 1. The van der Waals surface area contributed by atoms with E-state index in [1.807, 2.05) is 5.38 Å². The SMILES string of the molecule is Fc1ccc(Nc2nc(Cl)nc3sccc23)c(F)c1. The molecular weight excluding hydrogens is 292 g/mol. The highest BCUT2D eigenvalue weighted by atomic mass is 35.5. The Morgan fingerprint density at radius 1 is 1.16 bits per heavy atom. The summed E-state index contributed by atoms with van der Waals surface area (Å²) in [5.74, 6) is -0.940. The third kappa shape index (κ3) is 2.36. The molecule has 0 radical (unpaired) electrons. The van der Waals surface area contributed by atoms with E-state index in [2.05, 4.69) is 15.3 Å². The van der Waals surface area contributed by atoms with Crippen LogP contribution in [0.4, 0.5) is 20.3 Å². The minimum Gasteiger partial charge on any atom is -0.337 e. The van der Waals surface area contributed by atoms with Gasteiger partial charge in [0.05, 0.1) is 11.1 Å². The molecule has 2 heterocycles. The summed E-state index contributed by atoms with van der Waals surface area (Å²) in [4.78, 5) is 8.77. The molecule has 0 aliphatic carbocycles. The van der Waals surface area contributed by atoms with E-state index in [9.17, 15) is 8.78 Å². The summed E-state index contributed by atoms with van der Waals surface area (Å²) in [5.41, 5.74) is 0.128. The summed E-state index contributed by atoms with van der Waals surface area (Å²) in [6, 6.07) is 5.08. The van der Waals surface area contributed by atoms with E-state index in [0.717, 1.165) is 11.5 Å². The van der Waals surface area contributed by atoms with Crippen LogP contribution in [-0.2, 0) is 0 Å². The van der Waals surface area contributed by atoms with E-state index >= 15 is 0 Å². The Kier molecular flexibility index (Phi) is 3.04. The van der Waals surface area contributed by atoms with Crippen molar-refractivity contribution in [2.75, 3.05) is 5.32 Å². The lowest BCUT2D eigenvalue weighted by molar-refractivity contribution is 0.586. The Hall–Kier alpha value is -1.79. The minimum absolute atomic E-state index is 0.0694. The second kappa shape index (κ2) is 4.71. The highest BCUT2D eigenvalue weighted by molar-refractivity contribution is 7.16. The fourth-order valence-electron chi connectivity index (χ4n) is 1.64. The predicted molar refractivity (Wildman–Crippen MR) is 72.1 cm³/mol. The molecule has 0 aliphatic rings. The fraction of sp³-hybridized carbons (Fsp3) is 0. The second-order valence-corrected chi connectivity index (χ2v) is 4.96. The van der Waals surface area contributed by atoms with E-state index in [1.54, 1.807) is 6.07 Å². The van der Waals surface area contributed by atoms with Gasteiger partial charge in [-0.15, -0.1) is 11.3 Å². The second-order valence-electron chi connectivity index (χ2n) is 3.73. The number of rotatable bonds is 2. The van der Waals surface area contributed by atoms with Gasteiger partial charge < -0.3 is 5.32 Å². The molecule has 0 saturated heterocycles. The van der Waals surface area contributed by atoms with Gasteiger partial charge in [-0.25, -0.2) is 13.8 Å². The van der Waals surface area contributed by atoms with Crippen molar-refractivity contribution < 1.29 is 8.78 Å². The van der Waals surface area contributed by atoms with Crippen LogP contribution in [0.25, 0.3) is 10.2 Å². The van der Waals surface area contributed by atoms with Crippen LogP contribution in [0.3, 0.4) is 0 Å². The number of thiophene rings is 1. The van der Waals surface area contributed by atoms with Gasteiger partial charge in [0.1, 0.15) is 22.3 Å². The van der Waals surface area contributed by atoms with Crippen LogP contribution in [-0.4, -0.2) is 9.97 Å². The molecule has 3 rings (SSSR count). The van der Waals surface area contributed by atoms with Crippen LogP contribution in [0.2, 0.25) is 5.28 Å². The van der Waals surface area contributed by atoms with Crippen LogP contribution in [0.1, 0.15) is 0 Å². The molecule has 19 heavy (non-hydrogen) atoms. The summed E-state index contributed by atoms with van der Waals surface area (Å²) in [7, 11) is 0. The summed E-state index contributed by atoms with van der Waals surface area (Å²) in [5, 5.41) is 5.44. The molecule has 0 saturated carbocycles. The molecule has 0 bridgehead atoms. The van der Waals surface area contributed by atoms with Gasteiger partial charge in [0.25, 0.3) is 0 Å². The van der Waals surface area contributed by atoms with E-state index in [4.69, 9.17) is 11.6 Å². The lowest BCUT2D eigenvalue weighted by Gasteiger charge is -2.08. The largest absolute Gasteiger partial charge is 0.337 e. The minimum atomic E-state index is -0.696. The molecule has 0 atom stereocenters. The molecule has 7 heteroatoms. The lowest BCUT2D eigenvalue weighted by Crippen LogP contribution is -1.98. The van der Waals surface area contributed by atoms with Gasteiger partial charge in [-0.3, -0.25) is 0 Å². The van der Waals surface area contributed by atoms with Crippen LogP contribution in [0.5, 0.6) is 0 Å². The maximum absolute atomic E-state index is 13.6. The maximum Gasteiger partial charge on any atom is 0.225 e. The van der Waals surface area contributed by atoms with Gasteiger partial charge in [0.15, 0.2) is 0 Å². The molecule has 0 unspecified atom stereocenters. The number of aromatic nitrogens is 2. The summed E-state index contributed by atoms with van der Waals surface area (Å²) >= 11 is 7.21. The number of halogens is 3. The van der Waals surface area contributed by atoms with Crippen LogP contribution in [0.15, 0.2) is 29.6 Å². The molecular formula is C12H6ClF2N3S. The van der Waals surface area contributed by atoms with Crippen molar-refractivity contribution in [3.05, 3.63) is 46.6 Å². The predicted octanol–water partition coefficient (Wildman–Crippen LogP) is 4.37. The number of nitrogens with zero attached hydrogens (tertiary/aromatic N) is 2. The number of nitrogens with one attached hydrogen (secondary N) is 1. The monoisotopic (exact) mass is 297 g/mol.